The minimum absolute atomic E-state index is 0.0857. The fourth-order valence-electron chi connectivity index (χ4n) is 4.16. The Morgan fingerprint density at radius 3 is 2.65 bits per heavy atom. The third kappa shape index (κ3) is 4.39. The van der Waals surface area contributed by atoms with E-state index in [1.807, 2.05) is 11.8 Å². The first kappa shape index (κ1) is 21.6. The number of alkyl halides is 4. The number of rotatable bonds is 4. The molecular weight excluding hydrogens is 416 g/mol. The van der Waals surface area contributed by atoms with Crippen LogP contribution in [0.4, 0.5) is 29.3 Å². The Hall–Kier alpha value is -2.62. The normalized spacial score (nSPS) is 22.9. The zero-order valence-electron chi connectivity index (χ0n) is 17.1. The summed E-state index contributed by atoms with van der Waals surface area (Å²) < 4.78 is 63.2. The molecule has 3 unspecified atom stereocenters. The van der Waals surface area contributed by atoms with E-state index in [4.69, 9.17) is 4.74 Å². The number of halogens is 4. The Morgan fingerprint density at radius 1 is 1.23 bits per heavy atom. The third-order valence-electron chi connectivity index (χ3n) is 5.79. The summed E-state index contributed by atoms with van der Waals surface area (Å²) in [5.41, 5.74) is -0.166. The van der Waals surface area contributed by atoms with Crippen molar-refractivity contribution in [3.8, 4) is 0 Å². The van der Waals surface area contributed by atoms with Crippen LogP contribution < -0.4 is 15.4 Å². The molecule has 0 aliphatic carbocycles. The summed E-state index contributed by atoms with van der Waals surface area (Å²) in [6, 6.07) is 7.37. The molecule has 10 heteroatoms. The summed E-state index contributed by atoms with van der Waals surface area (Å²) in [6.45, 7) is 2.54. The van der Waals surface area contributed by atoms with Crippen molar-refractivity contribution in [1.82, 2.24) is 9.55 Å². The van der Waals surface area contributed by atoms with E-state index in [-0.39, 0.29) is 36.3 Å². The molecular formula is C21H24F4N4O2. The van der Waals surface area contributed by atoms with Crippen molar-refractivity contribution >= 4 is 11.8 Å². The fourth-order valence-corrected chi connectivity index (χ4v) is 4.16. The van der Waals surface area contributed by atoms with E-state index in [0.717, 1.165) is 4.90 Å². The molecule has 0 bridgehead atoms. The van der Waals surface area contributed by atoms with Crippen molar-refractivity contribution in [1.29, 1.82) is 0 Å². The molecule has 0 radical (unpaired) electrons. The molecule has 1 saturated heterocycles. The summed E-state index contributed by atoms with van der Waals surface area (Å²) >= 11 is 0. The van der Waals surface area contributed by atoms with E-state index < -0.39 is 30.5 Å². The summed E-state index contributed by atoms with van der Waals surface area (Å²) in [5, 5.41) is 0. The number of hydrogen-bond donors (Lipinski definition) is 0. The topological polar surface area (TPSA) is 50.6 Å². The van der Waals surface area contributed by atoms with Gasteiger partial charge in [0.2, 0.25) is 5.95 Å². The van der Waals surface area contributed by atoms with Crippen molar-refractivity contribution in [2.24, 2.45) is 0 Å². The van der Waals surface area contributed by atoms with Gasteiger partial charge in [-0.25, -0.2) is 4.39 Å². The summed E-state index contributed by atoms with van der Waals surface area (Å²) in [7, 11) is 0. The molecule has 0 saturated carbocycles. The largest absolute Gasteiger partial charge is 0.408 e. The van der Waals surface area contributed by atoms with Gasteiger partial charge in [-0.15, -0.1) is 0 Å². The molecule has 1 aromatic heterocycles. The second-order valence-corrected chi connectivity index (χ2v) is 7.90. The SMILES string of the molecule is CC1COCCN1c1cc(=O)n2c(n1)N(CC(F)c1ccccc1)C(C(F)(F)F)CC2. The van der Waals surface area contributed by atoms with Crippen LogP contribution >= 0.6 is 0 Å². The average molecular weight is 440 g/mol. The van der Waals surface area contributed by atoms with E-state index in [0.29, 0.717) is 19.8 Å². The zero-order chi connectivity index (χ0) is 22.2. The van der Waals surface area contributed by atoms with Crippen LogP contribution in [-0.4, -0.2) is 54.1 Å². The number of aromatic nitrogens is 2. The fraction of sp³-hybridized carbons (Fsp3) is 0.524. The molecule has 3 heterocycles. The quantitative estimate of drug-likeness (QED) is 0.683. The highest BCUT2D eigenvalue weighted by atomic mass is 19.4. The smallest absolute Gasteiger partial charge is 0.377 e. The highest BCUT2D eigenvalue weighted by molar-refractivity contribution is 5.48. The molecule has 0 amide bonds. The minimum Gasteiger partial charge on any atom is -0.377 e. The number of benzene rings is 1. The van der Waals surface area contributed by atoms with Gasteiger partial charge >= 0.3 is 6.18 Å². The highest BCUT2D eigenvalue weighted by Crippen LogP contribution is 2.36. The lowest BCUT2D eigenvalue weighted by Gasteiger charge is -2.41. The van der Waals surface area contributed by atoms with Crippen molar-refractivity contribution in [3.63, 3.8) is 0 Å². The molecule has 0 spiro atoms. The van der Waals surface area contributed by atoms with E-state index in [2.05, 4.69) is 4.98 Å². The molecule has 2 aliphatic heterocycles. The van der Waals surface area contributed by atoms with Crippen LogP contribution in [0, 0.1) is 0 Å². The highest BCUT2D eigenvalue weighted by Gasteiger charge is 2.47. The first-order chi connectivity index (χ1) is 14.8. The number of ether oxygens (including phenoxy) is 1. The Bertz CT molecular complexity index is 966. The van der Waals surface area contributed by atoms with Crippen LogP contribution in [0.2, 0.25) is 0 Å². The molecule has 31 heavy (non-hydrogen) atoms. The van der Waals surface area contributed by atoms with Crippen LogP contribution in [0.1, 0.15) is 25.1 Å². The molecule has 3 atom stereocenters. The Balaban J connectivity index is 1.75. The Labute approximate surface area is 177 Å². The van der Waals surface area contributed by atoms with Gasteiger partial charge in [-0.2, -0.15) is 18.2 Å². The van der Waals surface area contributed by atoms with Gasteiger partial charge in [0.25, 0.3) is 5.56 Å². The van der Waals surface area contributed by atoms with Gasteiger partial charge in [-0.3, -0.25) is 9.36 Å². The molecule has 1 aromatic carbocycles. The predicted octanol–water partition coefficient (Wildman–Crippen LogP) is 3.32. The maximum absolute atomic E-state index is 15.0. The van der Waals surface area contributed by atoms with Gasteiger partial charge in [-0.1, -0.05) is 30.3 Å². The van der Waals surface area contributed by atoms with Crippen LogP contribution in [0.3, 0.4) is 0 Å². The lowest BCUT2D eigenvalue weighted by molar-refractivity contribution is -0.153. The molecule has 2 aliphatic rings. The monoisotopic (exact) mass is 440 g/mol. The molecule has 0 N–H and O–H groups in total. The molecule has 2 aromatic rings. The third-order valence-corrected chi connectivity index (χ3v) is 5.79. The van der Waals surface area contributed by atoms with Crippen LogP contribution in [-0.2, 0) is 11.3 Å². The van der Waals surface area contributed by atoms with Gasteiger partial charge in [-0.05, 0) is 18.9 Å². The second-order valence-electron chi connectivity index (χ2n) is 7.90. The summed E-state index contributed by atoms with van der Waals surface area (Å²) in [6.07, 6.45) is -6.59. The molecule has 168 valence electrons. The molecule has 6 nitrogen and oxygen atoms in total. The van der Waals surface area contributed by atoms with E-state index >= 15 is 4.39 Å². The summed E-state index contributed by atoms with van der Waals surface area (Å²) in [5.74, 6) is 0.142. The number of morpholine rings is 1. The van der Waals surface area contributed by atoms with Gasteiger partial charge in [0.1, 0.15) is 18.0 Å². The Morgan fingerprint density at radius 2 is 1.97 bits per heavy atom. The van der Waals surface area contributed by atoms with Crippen molar-refractivity contribution in [2.45, 2.75) is 44.3 Å². The lowest BCUT2D eigenvalue weighted by Crippen LogP contribution is -2.54. The maximum atomic E-state index is 15.0. The van der Waals surface area contributed by atoms with E-state index in [1.165, 1.54) is 22.8 Å². The van der Waals surface area contributed by atoms with E-state index in [1.54, 1.807) is 18.2 Å². The first-order valence-corrected chi connectivity index (χ1v) is 10.2. The zero-order valence-corrected chi connectivity index (χ0v) is 17.1. The lowest BCUT2D eigenvalue weighted by atomic mass is 10.1. The van der Waals surface area contributed by atoms with Gasteiger partial charge in [0.15, 0.2) is 0 Å². The van der Waals surface area contributed by atoms with Crippen LogP contribution in [0.25, 0.3) is 0 Å². The van der Waals surface area contributed by atoms with Gasteiger partial charge in [0, 0.05) is 19.2 Å². The number of anilines is 2. The first-order valence-electron chi connectivity index (χ1n) is 10.2. The predicted molar refractivity (Wildman–Crippen MR) is 108 cm³/mol. The van der Waals surface area contributed by atoms with Crippen molar-refractivity contribution in [2.75, 3.05) is 36.1 Å². The van der Waals surface area contributed by atoms with Crippen molar-refractivity contribution in [3.05, 3.63) is 52.3 Å². The standard InChI is InChI=1S/C21H24F4N4O2/c1-14-13-31-10-9-27(14)18-11-19(30)28-8-7-17(21(23,24)25)29(20(28)26-18)12-16(22)15-5-3-2-4-6-15/h2-6,11,14,16-17H,7-10,12-13H2,1H3. The number of nitrogens with zero attached hydrogens (tertiary/aromatic N) is 4. The number of fused-ring (bicyclic) bond motifs is 1. The second kappa shape index (κ2) is 8.49. The van der Waals surface area contributed by atoms with E-state index in [9.17, 15) is 18.0 Å². The Kier molecular flexibility index (Phi) is 5.92. The van der Waals surface area contributed by atoms with Crippen molar-refractivity contribution < 1.29 is 22.3 Å². The number of hydrogen-bond acceptors (Lipinski definition) is 5. The maximum Gasteiger partial charge on any atom is 0.408 e. The van der Waals surface area contributed by atoms with Gasteiger partial charge < -0.3 is 14.5 Å². The average Bonchev–Trinajstić information content (AvgIpc) is 2.74. The van der Waals surface area contributed by atoms with Crippen LogP contribution in [0.15, 0.2) is 41.2 Å². The molecule has 1 fully saturated rings. The summed E-state index contributed by atoms with van der Waals surface area (Å²) in [4.78, 5) is 19.9. The minimum atomic E-state index is -4.58. The van der Waals surface area contributed by atoms with Gasteiger partial charge in [0.05, 0.1) is 25.8 Å². The van der Waals surface area contributed by atoms with Crippen LogP contribution in [0.5, 0.6) is 0 Å². The molecule has 4 rings (SSSR count).